The fourth-order valence-corrected chi connectivity index (χ4v) is 2.15. The van der Waals surface area contributed by atoms with Gasteiger partial charge < -0.3 is 10.4 Å². The van der Waals surface area contributed by atoms with Gasteiger partial charge in [0, 0.05) is 30.5 Å². The Kier molecular flexibility index (Phi) is 4.89. The van der Waals surface area contributed by atoms with E-state index in [1.54, 1.807) is 11.3 Å². The van der Waals surface area contributed by atoms with Crippen molar-refractivity contribution in [1.29, 1.82) is 0 Å². The molecule has 16 heavy (non-hydrogen) atoms. The molecule has 1 unspecified atom stereocenters. The van der Waals surface area contributed by atoms with Crippen molar-refractivity contribution in [2.24, 2.45) is 5.92 Å². The average Bonchev–Trinajstić information content (AvgIpc) is 2.65. The van der Waals surface area contributed by atoms with E-state index < -0.39 is 0 Å². The van der Waals surface area contributed by atoms with Gasteiger partial charge in [0.25, 0.3) is 0 Å². The molecule has 0 aliphatic heterocycles. The molecule has 1 atom stereocenters. The van der Waals surface area contributed by atoms with Crippen LogP contribution in [0.1, 0.15) is 38.4 Å². The summed E-state index contributed by atoms with van der Waals surface area (Å²) in [6.45, 7) is 10.4. The lowest BCUT2D eigenvalue weighted by Crippen LogP contribution is -2.23. The van der Waals surface area contributed by atoms with E-state index in [-0.39, 0.29) is 12.0 Å². The predicted molar refractivity (Wildman–Crippen MR) is 68.8 cm³/mol. The number of nitrogens with one attached hydrogen (secondary N) is 1. The lowest BCUT2D eigenvalue weighted by molar-refractivity contribution is 0.233. The van der Waals surface area contributed by atoms with Crippen molar-refractivity contribution >= 4 is 11.3 Å². The smallest absolute Gasteiger partial charge is 0.0982 e. The maximum atomic E-state index is 8.89. The van der Waals surface area contributed by atoms with Crippen molar-refractivity contribution in [3.8, 4) is 0 Å². The molecular weight excluding hydrogens is 220 g/mol. The first-order valence-electron chi connectivity index (χ1n) is 5.70. The average molecular weight is 242 g/mol. The number of nitrogens with zero attached hydrogens (tertiary/aromatic N) is 1. The van der Waals surface area contributed by atoms with Crippen LogP contribution in [0.3, 0.4) is 0 Å². The predicted octanol–water partition coefficient (Wildman–Crippen LogP) is 2.16. The normalized spacial score (nSPS) is 14.1. The monoisotopic (exact) mass is 242 g/mol. The second-order valence-corrected chi connectivity index (χ2v) is 6.17. The summed E-state index contributed by atoms with van der Waals surface area (Å²) in [6.07, 6.45) is 0. The zero-order chi connectivity index (χ0) is 12.2. The molecule has 3 nitrogen and oxygen atoms in total. The number of hydrogen-bond acceptors (Lipinski definition) is 4. The summed E-state index contributed by atoms with van der Waals surface area (Å²) in [4.78, 5) is 4.60. The molecule has 4 heteroatoms. The third-order valence-corrected chi connectivity index (χ3v) is 3.62. The molecule has 1 aromatic rings. The Hall–Kier alpha value is -0.450. The number of aliphatic hydroxyl groups excluding tert-OH is 1. The van der Waals surface area contributed by atoms with Crippen molar-refractivity contribution in [1.82, 2.24) is 10.3 Å². The summed E-state index contributed by atoms with van der Waals surface area (Å²) in [5.41, 5.74) is 1.24. The van der Waals surface area contributed by atoms with Crippen molar-refractivity contribution in [2.45, 2.75) is 39.7 Å². The van der Waals surface area contributed by atoms with Gasteiger partial charge in [0.15, 0.2) is 0 Å². The van der Waals surface area contributed by atoms with Gasteiger partial charge >= 0.3 is 0 Å². The molecule has 0 saturated carbocycles. The van der Waals surface area contributed by atoms with Crippen molar-refractivity contribution in [3.63, 3.8) is 0 Å². The maximum Gasteiger partial charge on any atom is 0.0982 e. The standard InChI is InChI=1S/C12H22N2OS/c1-9(7-15)5-13-6-10-8-16-11(14-10)12(2,3)4/h8-9,13,15H,5-7H2,1-4H3. The molecule has 0 saturated heterocycles. The highest BCUT2D eigenvalue weighted by molar-refractivity contribution is 7.09. The Balaban J connectivity index is 2.41. The minimum atomic E-state index is 0.140. The molecule has 1 rings (SSSR count). The van der Waals surface area contributed by atoms with Crippen molar-refractivity contribution in [3.05, 3.63) is 16.1 Å². The topological polar surface area (TPSA) is 45.1 Å². The lowest BCUT2D eigenvalue weighted by Gasteiger charge is -2.13. The first kappa shape index (κ1) is 13.6. The minimum Gasteiger partial charge on any atom is -0.396 e. The van der Waals surface area contributed by atoms with E-state index in [4.69, 9.17) is 5.11 Å². The van der Waals surface area contributed by atoms with Gasteiger partial charge in [-0.2, -0.15) is 0 Å². The number of aliphatic hydroxyl groups is 1. The summed E-state index contributed by atoms with van der Waals surface area (Å²) >= 11 is 1.72. The van der Waals surface area contributed by atoms with E-state index >= 15 is 0 Å². The quantitative estimate of drug-likeness (QED) is 0.831. The highest BCUT2D eigenvalue weighted by atomic mass is 32.1. The van der Waals surface area contributed by atoms with E-state index in [0.717, 1.165) is 18.8 Å². The Morgan fingerprint density at radius 1 is 1.50 bits per heavy atom. The first-order chi connectivity index (χ1) is 7.43. The van der Waals surface area contributed by atoms with Crippen molar-refractivity contribution < 1.29 is 5.11 Å². The molecule has 0 bridgehead atoms. The van der Waals surface area contributed by atoms with Crippen LogP contribution in [0.15, 0.2) is 5.38 Å². The molecule has 0 aliphatic rings. The molecule has 0 spiro atoms. The summed E-state index contributed by atoms with van der Waals surface area (Å²) in [5, 5.41) is 15.5. The van der Waals surface area contributed by atoms with Crippen LogP contribution >= 0.6 is 11.3 Å². The fraction of sp³-hybridized carbons (Fsp3) is 0.750. The number of hydrogen-bond donors (Lipinski definition) is 2. The molecule has 2 N–H and O–H groups in total. The molecule has 0 amide bonds. The second kappa shape index (κ2) is 5.75. The van der Waals surface area contributed by atoms with Gasteiger partial charge in [0.2, 0.25) is 0 Å². The van der Waals surface area contributed by atoms with Crippen molar-refractivity contribution in [2.75, 3.05) is 13.2 Å². The molecule has 1 heterocycles. The molecule has 0 fully saturated rings. The van der Waals surface area contributed by atoms with Crippen LogP contribution in [0, 0.1) is 5.92 Å². The maximum absolute atomic E-state index is 8.89. The van der Waals surface area contributed by atoms with E-state index in [2.05, 4.69) is 36.5 Å². The van der Waals surface area contributed by atoms with Crippen LogP contribution in [0.5, 0.6) is 0 Å². The van der Waals surface area contributed by atoms with Crippen LogP contribution in [-0.4, -0.2) is 23.2 Å². The Morgan fingerprint density at radius 3 is 2.69 bits per heavy atom. The Morgan fingerprint density at radius 2 is 2.19 bits per heavy atom. The van der Waals surface area contributed by atoms with Gasteiger partial charge in [-0.15, -0.1) is 11.3 Å². The van der Waals surface area contributed by atoms with E-state index in [1.165, 1.54) is 5.01 Å². The minimum absolute atomic E-state index is 0.140. The van der Waals surface area contributed by atoms with Gasteiger partial charge in [-0.1, -0.05) is 27.7 Å². The van der Waals surface area contributed by atoms with Crippen LogP contribution < -0.4 is 5.32 Å². The molecule has 92 valence electrons. The zero-order valence-electron chi connectivity index (χ0n) is 10.6. The van der Waals surface area contributed by atoms with E-state index in [0.29, 0.717) is 5.92 Å². The van der Waals surface area contributed by atoms with Gasteiger partial charge in [-0.3, -0.25) is 0 Å². The Bertz CT molecular complexity index is 317. The number of thiazole rings is 1. The largest absolute Gasteiger partial charge is 0.396 e. The van der Waals surface area contributed by atoms with E-state index in [9.17, 15) is 0 Å². The van der Waals surface area contributed by atoms with Gasteiger partial charge in [0.1, 0.15) is 0 Å². The van der Waals surface area contributed by atoms with Crippen LogP contribution in [0.25, 0.3) is 0 Å². The SMILES string of the molecule is CC(CO)CNCc1csc(C(C)(C)C)n1. The number of rotatable bonds is 5. The van der Waals surface area contributed by atoms with Gasteiger partial charge in [-0.25, -0.2) is 4.98 Å². The van der Waals surface area contributed by atoms with Gasteiger partial charge in [0.05, 0.1) is 10.7 Å². The van der Waals surface area contributed by atoms with Gasteiger partial charge in [-0.05, 0) is 5.92 Å². The summed E-state index contributed by atoms with van der Waals surface area (Å²) in [5.74, 6) is 0.306. The molecule has 1 aromatic heterocycles. The molecule has 0 aliphatic carbocycles. The summed E-state index contributed by atoms with van der Waals surface area (Å²) in [6, 6.07) is 0. The second-order valence-electron chi connectivity index (χ2n) is 5.31. The highest BCUT2D eigenvalue weighted by Gasteiger charge is 2.17. The molecule has 0 aromatic carbocycles. The number of aromatic nitrogens is 1. The Labute approximate surface area is 102 Å². The first-order valence-corrected chi connectivity index (χ1v) is 6.58. The fourth-order valence-electron chi connectivity index (χ4n) is 1.24. The third-order valence-electron chi connectivity index (χ3n) is 2.30. The van der Waals surface area contributed by atoms with Crippen LogP contribution in [-0.2, 0) is 12.0 Å². The van der Waals surface area contributed by atoms with Crippen LogP contribution in [0.2, 0.25) is 0 Å². The molecular formula is C12H22N2OS. The lowest BCUT2D eigenvalue weighted by atomic mass is 9.98. The molecule has 0 radical (unpaired) electrons. The summed E-state index contributed by atoms with van der Waals surface area (Å²) in [7, 11) is 0. The van der Waals surface area contributed by atoms with E-state index in [1.807, 2.05) is 6.92 Å². The third kappa shape index (κ3) is 4.20. The van der Waals surface area contributed by atoms with Crippen LogP contribution in [0.4, 0.5) is 0 Å². The highest BCUT2D eigenvalue weighted by Crippen LogP contribution is 2.25. The zero-order valence-corrected chi connectivity index (χ0v) is 11.4. The summed E-state index contributed by atoms with van der Waals surface area (Å²) < 4.78 is 0.